The van der Waals surface area contributed by atoms with Gasteiger partial charge in [0.25, 0.3) is 11.5 Å². The van der Waals surface area contributed by atoms with Crippen LogP contribution in [0.2, 0.25) is 0 Å². The van der Waals surface area contributed by atoms with Gasteiger partial charge in [0.05, 0.1) is 7.11 Å². The van der Waals surface area contributed by atoms with E-state index in [2.05, 4.69) is 10.3 Å². The molecule has 1 unspecified atom stereocenters. The third kappa shape index (κ3) is 3.71. The second-order valence-corrected chi connectivity index (χ2v) is 5.99. The molecule has 0 spiro atoms. The summed E-state index contributed by atoms with van der Waals surface area (Å²) in [5.74, 6) is 0.493. The minimum atomic E-state index is -0.301. The number of pyridine rings is 1. The van der Waals surface area contributed by atoms with Gasteiger partial charge in [-0.25, -0.2) is 0 Å². The molecule has 0 fully saturated rings. The van der Waals surface area contributed by atoms with Crippen molar-refractivity contribution in [2.75, 3.05) is 7.11 Å². The van der Waals surface area contributed by atoms with Gasteiger partial charge in [-0.3, -0.25) is 9.59 Å². The van der Waals surface area contributed by atoms with Crippen molar-refractivity contribution in [2.45, 2.75) is 19.4 Å². The van der Waals surface area contributed by atoms with Crippen LogP contribution in [0, 0.1) is 0 Å². The highest BCUT2D eigenvalue weighted by atomic mass is 16.5. The molecule has 0 radical (unpaired) electrons. The van der Waals surface area contributed by atoms with Gasteiger partial charge in [0.15, 0.2) is 0 Å². The molecule has 0 bridgehead atoms. The van der Waals surface area contributed by atoms with Gasteiger partial charge in [0.2, 0.25) is 0 Å². The number of para-hydroxylation sites is 1. The van der Waals surface area contributed by atoms with Crippen LogP contribution < -0.4 is 15.6 Å². The molecule has 2 aromatic carbocycles. The van der Waals surface area contributed by atoms with Crippen LogP contribution in [0.15, 0.2) is 59.4 Å². The number of methoxy groups -OCH3 is 1. The molecule has 0 aliphatic rings. The molecule has 1 atom stereocenters. The molecule has 0 saturated carbocycles. The second kappa shape index (κ2) is 7.21. The van der Waals surface area contributed by atoms with E-state index in [0.29, 0.717) is 11.8 Å². The Bertz CT molecular complexity index is 962. The van der Waals surface area contributed by atoms with Crippen molar-refractivity contribution in [1.29, 1.82) is 0 Å². The maximum Gasteiger partial charge on any atom is 0.268 e. The zero-order valence-corrected chi connectivity index (χ0v) is 14.2. The average molecular weight is 336 g/mol. The lowest BCUT2D eigenvalue weighted by Crippen LogP contribution is -2.35. The maximum atomic E-state index is 12.5. The number of hydrogen-bond acceptors (Lipinski definition) is 3. The Morgan fingerprint density at radius 1 is 1.16 bits per heavy atom. The Balaban J connectivity index is 1.77. The Kier molecular flexibility index (Phi) is 4.84. The van der Waals surface area contributed by atoms with Gasteiger partial charge in [0, 0.05) is 11.4 Å². The van der Waals surface area contributed by atoms with E-state index in [9.17, 15) is 9.59 Å². The zero-order valence-electron chi connectivity index (χ0n) is 14.2. The number of benzene rings is 2. The zero-order chi connectivity index (χ0) is 17.8. The van der Waals surface area contributed by atoms with Crippen molar-refractivity contribution < 1.29 is 9.53 Å². The van der Waals surface area contributed by atoms with E-state index in [4.69, 9.17) is 4.74 Å². The lowest BCUT2D eigenvalue weighted by Gasteiger charge is -2.16. The molecule has 5 nitrogen and oxygen atoms in total. The van der Waals surface area contributed by atoms with E-state index >= 15 is 0 Å². The standard InChI is InChI=1S/C20H20N2O3/c1-13(11-15-8-4-6-10-18(15)25-2)21-20(24)17-12-14-7-3-5-9-16(14)19(23)22-17/h3-10,12-13H,11H2,1-2H3,(H,21,24)(H,22,23). The second-order valence-electron chi connectivity index (χ2n) is 5.99. The summed E-state index contributed by atoms with van der Waals surface area (Å²) in [7, 11) is 1.63. The van der Waals surface area contributed by atoms with Gasteiger partial charge in [-0.2, -0.15) is 0 Å². The fraction of sp³-hybridized carbons (Fsp3) is 0.200. The summed E-state index contributed by atoms with van der Waals surface area (Å²) in [6, 6.07) is 16.5. The first-order valence-corrected chi connectivity index (χ1v) is 8.13. The Morgan fingerprint density at radius 2 is 1.88 bits per heavy atom. The smallest absolute Gasteiger partial charge is 0.268 e. The van der Waals surface area contributed by atoms with Crippen molar-refractivity contribution >= 4 is 16.7 Å². The first-order valence-electron chi connectivity index (χ1n) is 8.13. The lowest BCUT2D eigenvalue weighted by molar-refractivity contribution is 0.0935. The SMILES string of the molecule is COc1ccccc1CC(C)NC(=O)c1cc2ccccc2c(=O)[nH]1. The average Bonchev–Trinajstić information content (AvgIpc) is 2.62. The topological polar surface area (TPSA) is 71.2 Å². The molecular weight excluding hydrogens is 316 g/mol. The van der Waals surface area contributed by atoms with Crippen molar-refractivity contribution in [2.24, 2.45) is 0 Å². The number of rotatable bonds is 5. The first kappa shape index (κ1) is 16.8. The van der Waals surface area contributed by atoms with Crippen LogP contribution in [0.5, 0.6) is 5.75 Å². The highest BCUT2D eigenvalue weighted by Gasteiger charge is 2.14. The van der Waals surface area contributed by atoms with Crippen LogP contribution in [-0.4, -0.2) is 24.0 Å². The van der Waals surface area contributed by atoms with Crippen molar-refractivity contribution in [1.82, 2.24) is 10.3 Å². The fourth-order valence-corrected chi connectivity index (χ4v) is 2.89. The number of aromatic amines is 1. The van der Waals surface area contributed by atoms with Gasteiger partial charge in [-0.1, -0.05) is 36.4 Å². The third-order valence-corrected chi connectivity index (χ3v) is 4.09. The summed E-state index contributed by atoms with van der Waals surface area (Å²) in [5.41, 5.74) is 1.01. The number of amides is 1. The van der Waals surface area contributed by atoms with E-state index in [1.165, 1.54) is 0 Å². The number of nitrogens with one attached hydrogen (secondary N) is 2. The number of H-pyrrole nitrogens is 1. The van der Waals surface area contributed by atoms with Crippen LogP contribution in [-0.2, 0) is 6.42 Å². The van der Waals surface area contributed by atoms with Crippen LogP contribution in [0.1, 0.15) is 23.0 Å². The van der Waals surface area contributed by atoms with Gasteiger partial charge < -0.3 is 15.0 Å². The van der Waals surface area contributed by atoms with Crippen molar-refractivity contribution in [3.8, 4) is 5.75 Å². The molecule has 0 saturated heterocycles. The van der Waals surface area contributed by atoms with E-state index in [1.54, 1.807) is 25.3 Å². The highest BCUT2D eigenvalue weighted by Crippen LogP contribution is 2.19. The Morgan fingerprint density at radius 3 is 2.68 bits per heavy atom. The monoisotopic (exact) mass is 336 g/mol. The summed E-state index contributed by atoms with van der Waals surface area (Å²) in [6.45, 7) is 1.92. The van der Waals surface area contributed by atoms with Crippen LogP contribution in [0.3, 0.4) is 0 Å². The molecule has 2 N–H and O–H groups in total. The van der Waals surface area contributed by atoms with Gasteiger partial charge in [0.1, 0.15) is 11.4 Å². The molecule has 3 rings (SSSR count). The van der Waals surface area contributed by atoms with Crippen LogP contribution in [0.4, 0.5) is 0 Å². The normalized spacial score (nSPS) is 11.9. The van der Waals surface area contributed by atoms with E-state index < -0.39 is 0 Å². The molecule has 1 aromatic heterocycles. The summed E-state index contributed by atoms with van der Waals surface area (Å²) in [4.78, 5) is 27.2. The summed E-state index contributed by atoms with van der Waals surface area (Å²) >= 11 is 0. The van der Waals surface area contributed by atoms with Crippen molar-refractivity contribution in [3.05, 3.63) is 76.2 Å². The first-order chi connectivity index (χ1) is 12.1. The summed E-state index contributed by atoms with van der Waals surface area (Å²) in [5, 5.41) is 4.24. The minimum absolute atomic E-state index is 0.112. The lowest BCUT2D eigenvalue weighted by atomic mass is 10.1. The third-order valence-electron chi connectivity index (χ3n) is 4.09. The maximum absolute atomic E-state index is 12.5. The number of aromatic nitrogens is 1. The highest BCUT2D eigenvalue weighted by molar-refractivity contribution is 5.96. The number of carbonyl (C=O) groups excluding carboxylic acids is 1. The number of hydrogen-bond donors (Lipinski definition) is 2. The Labute approximate surface area is 145 Å². The van der Waals surface area contributed by atoms with Gasteiger partial charge >= 0.3 is 0 Å². The molecule has 5 heteroatoms. The Hall–Kier alpha value is -3.08. The van der Waals surface area contributed by atoms with Crippen LogP contribution >= 0.6 is 0 Å². The summed E-state index contributed by atoms with van der Waals surface area (Å²) in [6.07, 6.45) is 0.633. The number of ether oxygens (including phenoxy) is 1. The van der Waals surface area contributed by atoms with Crippen LogP contribution in [0.25, 0.3) is 10.8 Å². The predicted molar refractivity (Wildman–Crippen MR) is 98.2 cm³/mol. The number of fused-ring (bicyclic) bond motifs is 1. The van der Waals surface area contributed by atoms with Gasteiger partial charge in [-0.15, -0.1) is 0 Å². The molecule has 1 amide bonds. The van der Waals surface area contributed by atoms with Crippen molar-refractivity contribution in [3.63, 3.8) is 0 Å². The predicted octanol–water partition coefficient (Wildman–Crippen LogP) is 2.90. The van der Waals surface area contributed by atoms with E-state index in [1.807, 2.05) is 43.3 Å². The number of carbonyl (C=O) groups is 1. The fourth-order valence-electron chi connectivity index (χ4n) is 2.89. The summed E-state index contributed by atoms with van der Waals surface area (Å²) < 4.78 is 5.34. The van der Waals surface area contributed by atoms with E-state index in [-0.39, 0.29) is 23.2 Å². The molecule has 1 heterocycles. The van der Waals surface area contributed by atoms with E-state index in [0.717, 1.165) is 16.7 Å². The molecule has 0 aliphatic carbocycles. The minimum Gasteiger partial charge on any atom is -0.496 e. The quantitative estimate of drug-likeness (QED) is 0.752. The molecule has 0 aliphatic heterocycles. The van der Waals surface area contributed by atoms with Gasteiger partial charge in [-0.05, 0) is 42.5 Å². The molecule has 3 aromatic rings. The molecular formula is C20H20N2O3. The molecule has 25 heavy (non-hydrogen) atoms. The largest absolute Gasteiger partial charge is 0.496 e. The molecule has 128 valence electrons.